The van der Waals surface area contributed by atoms with E-state index in [1.807, 2.05) is 30.3 Å². The average Bonchev–Trinajstić information content (AvgIpc) is 2.56. The number of rotatable bonds is 11. The molecule has 0 heterocycles. The lowest BCUT2D eigenvalue weighted by atomic mass is 10.1. The number of halogens is 2. The normalized spacial score (nSPS) is 10.9. The monoisotopic (exact) mass is 368 g/mol. The van der Waals surface area contributed by atoms with E-state index in [1.165, 1.54) is 25.7 Å². The molecule has 0 saturated carbocycles. The highest BCUT2D eigenvalue weighted by atomic mass is 35.5. The molecule has 1 aromatic carbocycles. The van der Waals surface area contributed by atoms with Crippen LogP contribution in [-0.4, -0.2) is 15.4 Å². The van der Waals surface area contributed by atoms with Crippen molar-refractivity contribution in [2.75, 3.05) is 0 Å². The summed E-state index contributed by atoms with van der Waals surface area (Å²) >= 11 is 11.4. The van der Waals surface area contributed by atoms with Gasteiger partial charge in [-0.1, -0.05) is 91.8 Å². The molecule has 1 rings (SSSR count). The Bertz CT molecular complexity index is 530. The smallest absolute Gasteiger partial charge is 0.340 e. The van der Waals surface area contributed by atoms with Crippen LogP contribution in [0.5, 0.6) is 0 Å². The van der Waals surface area contributed by atoms with Crippen molar-refractivity contribution >= 4 is 29.2 Å². The Morgan fingerprint density at radius 3 is 2.04 bits per heavy atom. The summed E-state index contributed by atoms with van der Waals surface area (Å²) in [4.78, 5) is 10.7. The Balaban J connectivity index is 1.91. The molecule has 0 aromatic heterocycles. The van der Waals surface area contributed by atoms with E-state index in [2.05, 4.69) is 11.8 Å². The minimum atomic E-state index is -1.62. The minimum absolute atomic E-state index is 0.311. The van der Waals surface area contributed by atoms with E-state index in [1.54, 1.807) is 0 Å². The lowest BCUT2D eigenvalue weighted by Gasteiger charge is -2.13. The van der Waals surface area contributed by atoms with Gasteiger partial charge in [-0.05, 0) is 31.4 Å². The fourth-order valence-corrected chi connectivity index (χ4v) is 2.68. The SMILES string of the molecule is O=C(O)C(Cl)(Cl)CCCCCCCCCCC#Cc1ccccc1. The molecule has 0 spiro atoms. The Hall–Kier alpha value is -1.17. The number of hydrogen-bond acceptors (Lipinski definition) is 1. The lowest BCUT2D eigenvalue weighted by molar-refractivity contribution is -0.138. The summed E-state index contributed by atoms with van der Waals surface area (Å²) < 4.78 is -1.62. The van der Waals surface area contributed by atoms with Gasteiger partial charge < -0.3 is 5.11 Å². The van der Waals surface area contributed by atoms with Crippen molar-refractivity contribution in [3.8, 4) is 11.8 Å². The maximum Gasteiger partial charge on any atom is 0.340 e. The van der Waals surface area contributed by atoms with E-state index in [4.69, 9.17) is 28.3 Å². The number of unbranched alkanes of at least 4 members (excludes halogenated alkanes) is 8. The molecule has 1 aromatic rings. The van der Waals surface area contributed by atoms with Crippen molar-refractivity contribution in [2.24, 2.45) is 0 Å². The molecular weight excluding hydrogens is 343 g/mol. The fourth-order valence-electron chi connectivity index (χ4n) is 2.41. The first-order valence-corrected chi connectivity index (χ1v) is 9.43. The van der Waals surface area contributed by atoms with Crippen LogP contribution in [-0.2, 0) is 4.79 Å². The van der Waals surface area contributed by atoms with Crippen molar-refractivity contribution in [2.45, 2.75) is 68.5 Å². The zero-order valence-corrected chi connectivity index (χ0v) is 15.6. The van der Waals surface area contributed by atoms with Crippen LogP contribution in [0.2, 0.25) is 0 Å². The van der Waals surface area contributed by atoms with E-state index in [-0.39, 0.29) is 0 Å². The summed E-state index contributed by atoms with van der Waals surface area (Å²) in [5.74, 6) is 5.25. The van der Waals surface area contributed by atoms with Crippen LogP contribution in [0.25, 0.3) is 0 Å². The third-order valence-corrected chi connectivity index (χ3v) is 4.56. The molecular formula is C20H26Cl2O2. The molecule has 0 atom stereocenters. The molecule has 0 bridgehead atoms. The molecule has 132 valence electrons. The lowest BCUT2D eigenvalue weighted by Crippen LogP contribution is -2.25. The number of carbonyl (C=O) groups is 1. The summed E-state index contributed by atoms with van der Waals surface area (Å²) in [5, 5.41) is 8.79. The summed E-state index contributed by atoms with van der Waals surface area (Å²) in [7, 11) is 0. The Morgan fingerprint density at radius 2 is 1.46 bits per heavy atom. The highest BCUT2D eigenvalue weighted by molar-refractivity contribution is 6.57. The molecule has 0 radical (unpaired) electrons. The van der Waals surface area contributed by atoms with E-state index < -0.39 is 10.3 Å². The maximum absolute atomic E-state index is 10.7. The van der Waals surface area contributed by atoms with E-state index in [0.29, 0.717) is 6.42 Å². The molecule has 4 heteroatoms. The first kappa shape index (κ1) is 20.9. The summed E-state index contributed by atoms with van der Waals surface area (Å²) in [6, 6.07) is 10.1. The molecule has 0 aliphatic rings. The summed E-state index contributed by atoms with van der Waals surface area (Å²) in [6.07, 6.45) is 10.1. The van der Waals surface area contributed by atoms with Crippen molar-refractivity contribution < 1.29 is 9.90 Å². The number of aliphatic carboxylic acids is 1. The predicted octanol–water partition coefficient (Wildman–Crippen LogP) is 6.20. The molecule has 2 nitrogen and oxygen atoms in total. The van der Waals surface area contributed by atoms with E-state index in [0.717, 1.165) is 37.7 Å². The molecule has 0 aliphatic heterocycles. The van der Waals surface area contributed by atoms with Crippen LogP contribution < -0.4 is 0 Å². The predicted molar refractivity (Wildman–Crippen MR) is 102 cm³/mol. The zero-order valence-electron chi connectivity index (χ0n) is 14.1. The molecule has 0 fully saturated rings. The molecule has 0 unspecified atom stereocenters. The van der Waals surface area contributed by atoms with E-state index in [9.17, 15) is 4.79 Å². The largest absolute Gasteiger partial charge is 0.479 e. The van der Waals surface area contributed by atoms with Crippen LogP contribution in [0.1, 0.15) is 69.8 Å². The standard InChI is InChI=1S/C20H26Cl2O2/c21-20(22,19(23)24)17-13-8-6-4-2-1-3-5-7-10-14-18-15-11-9-12-16-18/h9,11-12,15-16H,1-8,13,17H2,(H,23,24). The van der Waals surface area contributed by atoms with Crippen LogP contribution in [0.4, 0.5) is 0 Å². The zero-order chi connectivity index (χ0) is 17.7. The highest BCUT2D eigenvalue weighted by Gasteiger charge is 2.32. The van der Waals surface area contributed by atoms with Gasteiger partial charge in [-0.25, -0.2) is 4.79 Å². The van der Waals surface area contributed by atoms with Crippen molar-refractivity contribution in [3.05, 3.63) is 35.9 Å². The minimum Gasteiger partial charge on any atom is -0.479 e. The number of hydrogen-bond donors (Lipinski definition) is 1. The quantitative estimate of drug-likeness (QED) is 0.287. The van der Waals surface area contributed by atoms with Gasteiger partial charge in [-0.2, -0.15) is 0 Å². The average molecular weight is 369 g/mol. The van der Waals surface area contributed by atoms with Crippen LogP contribution in [0.3, 0.4) is 0 Å². The Kier molecular flexibility index (Phi) is 10.6. The van der Waals surface area contributed by atoms with Crippen LogP contribution in [0.15, 0.2) is 30.3 Å². The number of carboxylic acid groups (broad SMARTS) is 1. The van der Waals surface area contributed by atoms with Gasteiger partial charge in [0.15, 0.2) is 0 Å². The van der Waals surface area contributed by atoms with Gasteiger partial charge >= 0.3 is 5.97 Å². The number of carboxylic acids is 1. The second-order valence-corrected chi connectivity index (χ2v) is 7.49. The second-order valence-electron chi connectivity index (χ2n) is 6.01. The summed E-state index contributed by atoms with van der Waals surface area (Å²) in [5.41, 5.74) is 1.08. The van der Waals surface area contributed by atoms with E-state index >= 15 is 0 Å². The van der Waals surface area contributed by atoms with Crippen LogP contribution in [0, 0.1) is 11.8 Å². The van der Waals surface area contributed by atoms with Gasteiger partial charge in [0.25, 0.3) is 0 Å². The Labute approximate surface area is 155 Å². The molecule has 0 saturated heterocycles. The maximum atomic E-state index is 10.7. The molecule has 0 aliphatic carbocycles. The third kappa shape index (κ3) is 9.85. The van der Waals surface area contributed by atoms with Crippen LogP contribution >= 0.6 is 23.2 Å². The topological polar surface area (TPSA) is 37.3 Å². The van der Waals surface area contributed by atoms with Gasteiger partial charge in [-0.3, -0.25) is 0 Å². The Morgan fingerprint density at radius 1 is 0.917 bits per heavy atom. The number of benzene rings is 1. The second kappa shape index (κ2) is 12.2. The number of alkyl halides is 2. The van der Waals surface area contributed by atoms with Gasteiger partial charge in [0, 0.05) is 12.0 Å². The van der Waals surface area contributed by atoms with Gasteiger partial charge in [0.05, 0.1) is 0 Å². The summed E-state index contributed by atoms with van der Waals surface area (Å²) in [6.45, 7) is 0. The molecule has 0 amide bonds. The molecule has 1 N–H and O–H groups in total. The fraction of sp³-hybridized carbons (Fsp3) is 0.550. The molecule has 24 heavy (non-hydrogen) atoms. The van der Waals surface area contributed by atoms with Gasteiger partial charge in [0.1, 0.15) is 0 Å². The van der Waals surface area contributed by atoms with Gasteiger partial charge in [0.2, 0.25) is 4.33 Å². The van der Waals surface area contributed by atoms with Crippen molar-refractivity contribution in [1.29, 1.82) is 0 Å². The van der Waals surface area contributed by atoms with Crippen molar-refractivity contribution in [3.63, 3.8) is 0 Å². The first-order chi connectivity index (χ1) is 11.5. The highest BCUT2D eigenvalue weighted by Crippen LogP contribution is 2.28. The first-order valence-electron chi connectivity index (χ1n) is 8.67. The third-order valence-electron chi connectivity index (χ3n) is 3.86. The van der Waals surface area contributed by atoms with Gasteiger partial charge in [-0.15, -0.1) is 0 Å². The van der Waals surface area contributed by atoms with Crippen molar-refractivity contribution in [1.82, 2.24) is 0 Å².